The maximum Gasteiger partial charge on any atom is 0.337 e. The molecule has 13 nitrogen and oxygen atoms in total. The van der Waals surface area contributed by atoms with Crippen LogP contribution in [0, 0.1) is 3.57 Å². The summed E-state index contributed by atoms with van der Waals surface area (Å²) in [5, 5.41) is 19.9. The number of aliphatic hydroxyl groups is 1. The zero-order valence-electron chi connectivity index (χ0n) is 25.3. The number of hydrazone groups is 1. The van der Waals surface area contributed by atoms with Crippen LogP contribution in [0.2, 0.25) is 0 Å². The number of esters is 1. The first-order valence-electron chi connectivity index (χ1n) is 14.3. The number of methoxy groups -OCH3 is 1. The van der Waals surface area contributed by atoms with Gasteiger partial charge >= 0.3 is 12.0 Å². The SMILES string of the molecule is CCOc1cc([C@H]2NC(=O)NC(C)=C2C(=O)OC)ccc1OC[C@H](O)N/N=C\c1ccc(OCc2ccc3c(c2)OCO3)c(I)c1. The topological polar surface area (TPSA) is 158 Å². The lowest BCUT2D eigenvalue weighted by Crippen LogP contribution is -2.45. The summed E-state index contributed by atoms with van der Waals surface area (Å²) in [5.41, 5.74) is 5.66. The highest BCUT2D eigenvalue weighted by Gasteiger charge is 2.32. The second-order valence-electron chi connectivity index (χ2n) is 10.1. The van der Waals surface area contributed by atoms with E-state index >= 15 is 0 Å². The first-order valence-corrected chi connectivity index (χ1v) is 15.4. The predicted molar refractivity (Wildman–Crippen MR) is 175 cm³/mol. The molecule has 0 saturated heterocycles. The summed E-state index contributed by atoms with van der Waals surface area (Å²) in [6.45, 7) is 4.24. The molecule has 0 aromatic heterocycles. The molecular weight excluding hydrogens is 711 g/mol. The molecule has 46 heavy (non-hydrogen) atoms. The number of fused-ring (bicyclic) bond motifs is 1. The van der Waals surface area contributed by atoms with Crippen LogP contribution in [-0.2, 0) is 16.1 Å². The van der Waals surface area contributed by atoms with Gasteiger partial charge < -0.3 is 44.2 Å². The Bertz CT molecular complexity index is 1660. The number of aliphatic hydroxyl groups excluding tert-OH is 1. The lowest BCUT2D eigenvalue weighted by molar-refractivity contribution is -0.136. The van der Waals surface area contributed by atoms with Gasteiger partial charge in [0.25, 0.3) is 0 Å². The molecular formula is C32H33IN4O9. The molecule has 0 radical (unpaired) electrons. The van der Waals surface area contributed by atoms with Crippen molar-refractivity contribution in [2.45, 2.75) is 32.7 Å². The Morgan fingerprint density at radius 3 is 2.67 bits per heavy atom. The number of carbonyl (C=O) groups is 2. The Hall–Kier alpha value is -4.70. The van der Waals surface area contributed by atoms with Crippen LogP contribution in [-0.4, -0.2) is 56.7 Å². The van der Waals surface area contributed by atoms with Crippen molar-refractivity contribution in [3.63, 3.8) is 0 Å². The van der Waals surface area contributed by atoms with Gasteiger partial charge in [0.1, 0.15) is 19.0 Å². The van der Waals surface area contributed by atoms with Gasteiger partial charge in [-0.05, 0) is 95.6 Å². The molecule has 0 bridgehead atoms. The second kappa shape index (κ2) is 15.1. The van der Waals surface area contributed by atoms with Crippen molar-refractivity contribution in [1.82, 2.24) is 16.1 Å². The number of hydrogen-bond acceptors (Lipinski definition) is 11. The molecule has 3 aromatic rings. The monoisotopic (exact) mass is 744 g/mol. The second-order valence-corrected chi connectivity index (χ2v) is 11.2. The largest absolute Gasteiger partial charge is 0.490 e. The normalized spacial score (nSPS) is 16.0. The first kappa shape index (κ1) is 32.7. The number of rotatable bonds is 13. The maximum absolute atomic E-state index is 12.4. The van der Waals surface area contributed by atoms with Crippen molar-refractivity contribution < 1.29 is 43.1 Å². The number of halogens is 1. The third kappa shape index (κ3) is 7.92. The molecule has 2 amide bonds. The fraction of sp³-hybridized carbons (Fsp3) is 0.281. The molecule has 5 rings (SSSR count). The van der Waals surface area contributed by atoms with E-state index in [2.05, 4.69) is 43.8 Å². The number of nitrogens with one attached hydrogen (secondary N) is 3. The number of amides is 2. The molecule has 0 spiro atoms. The van der Waals surface area contributed by atoms with E-state index in [0.29, 0.717) is 41.7 Å². The predicted octanol–water partition coefficient (Wildman–Crippen LogP) is 4.12. The van der Waals surface area contributed by atoms with Crippen molar-refractivity contribution in [1.29, 1.82) is 0 Å². The number of allylic oxidation sites excluding steroid dienone is 1. The average Bonchev–Trinajstić information content (AvgIpc) is 3.51. The number of urea groups is 1. The summed E-state index contributed by atoms with van der Waals surface area (Å²) in [5.74, 6) is 2.33. The van der Waals surface area contributed by atoms with E-state index in [9.17, 15) is 14.7 Å². The molecule has 0 fully saturated rings. The van der Waals surface area contributed by atoms with Crippen LogP contribution in [0.25, 0.3) is 0 Å². The standard InChI is InChI=1S/C32H33IN4O9/c1-4-42-27-13-21(30-29(31(39)41-3)18(2)35-32(40)36-30)7-10-24(27)44-16-28(38)37-34-14-19-5-8-23(22(33)11-19)43-15-20-6-9-25-26(12-20)46-17-45-25/h5-14,28,30,37-38H,4,15-17H2,1-3H3,(H2,35,36,40)/b34-14-/t28-,30+/m0/s1. The lowest BCUT2D eigenvalue weighted by atomic mass is 9.95. The first-order chi connectivity index (χ1) is 22.2. The quantitative estimate of drug-likeness (QED) is 0.0660. The van der Waals surface area contributed by atoms with Gasteiger partial charge in [-0.15, -0.1) is 0 Å². The molecule has 242 valence electrons. The molecule has 4 N–H and O–H groups in total. The number of ether oxygens (including phenoxy) is 6. The van der Waals surface area contributed by atoms with Gasteiger partial charge in [0.15, 0.2) is 29.2 Å². The van der Waals surface area contributed by atoms with Crippen LogP contribution in [0.5, 0.6) is 28.7 Å². The summed E-state index contributed by atoms with van der Waals surface area (Å²) < 4.78 is 34.1. The van der Waals surface area contributed by atoms with Crippen molar-refractivity contribution >= 4 is 40.8 Å². The summed E-state index contributed by atoms with van der Waals surface area (Å²) >= 11 is 2.20. The zero-order chi connectivity index (χ0) is 32.6. The highest BCUT2D eigenvalue weighted by Crippen LogP contribution is 2.35. The smallest absolute Gasteiger partial charge is 0.337 e. The summed E-state index contributed by atoms with van der Waals surface area (Å²) in [6.07, 6.45) is 0.448. The minimum atomic E-state index is -1.13. The van der Waals surface area contributed by atoms with Gasteiger partial charge in [-0.1, -0.05) is 12.1 Å². The Morgan fingerprint density at radius 2 is 1.89 bits per heavy atom. The van der Waals surface area contributed by atoms with E-state index in [1.54, 1.807) is 31.3 Å². The minimum Gasteiger partial charge on any atom is -0.490 e. The van der Waals surface area contributed by atoms with Gasteiger partial charge in [0.2, 0.25) is 6.79 Å². The van der Waals surface area contributed by atoms with E-state index in [4.69, 9.17) is 28.4 Å². The van der Waals surface area contributed by atoms with Gasteiger partial charge in [0.05, 0.1) is 35.1 Å². The van der Waals surface area contributed by atoms with Crippen molar-refractivity contribution in [2.75, 3.05) is 27.1 Å². The van der Waals surface area contributed by atoms with Crippen LogP contribution in [0.4, 0.5) is 4.79 Å². The average molecular weight is 745 g/mol. The molecule has 2 aliphatic rings. The molecule has 0 saturated carbocycles. The third-order valence-corrected chi connectivity index (χ3v) is 7.74. The Kier molecular flexibility index (Phi) is 10.7. The van der Waals surface area contributed by atoms with E-state index in [1.165, 1.54) is 7.11 Å². The van der Waals surface area contributed by atoms with Crippen molar-refractivity contribution in [2.24, 2.45) is 5.10 Å². The fourth-order valence-electron chi connectivity index (χ4n) is 4.73. The van der Waals surface area contributed by atoms with E-state index in [1.807, 2.05) is 43.3 Å². The highest BCUT2D eigenvalue weighted by atomic mass is 127. The van der Waals surface area contributed by atoms with Gasteiger partial charge in [-0.3, -0.25) is 5.43 Å². The summed E-state index contributed by atoms with van der Waals surface area (Å²) in [4.78, 5) is 24.6. The zero-order valence-corrected chi connectivity index (χ0v) is 27.5. The molecule has 2 atom stereocenters. The number of hydrogen-bond donors (Lipinski definition) is 4. The molecule has 2 heterocycles. The van der Waals surface area contributed by atoms with E-state index < -0.39 is 24.3 Å². The van der Waals surface area contributed by atoms with Crippen LogP contribution >= 0.6 is 22.6 Å². The lowest BCUT2D eigenvalue weighted by Gasteiger charge is -2.28. The molecule has 0 aliphatic carbocycles. The Labute approximate surface area is 279 Å². The fourth-order valence-corrected chi connectivity index (χ4v) is 5.42. The molecule has 14 heteroatoms. The van der Waals surface area contributed by atoms with E-state index in [-0.39, 0.29) is 19.0 Å². The number of carbonyl (C=O) groups excluding carboxylic acids is 2. The third-order valence-electron chi connectivity index (χ3n) is 6.90. The van der Waals surface area contributed by atoms with Crippen molar-refractivity contribution in [3.05, 3.63) is 86.1 Å². The van der Waals surface area contributed by atoms with Crippen molar-refractivity contribution in [3.8, 4) is 28.7 Å². The summed E-state index contributed by atoms with van der Waals surface area (Å²) in [6, 6.07) is 15.1. The van der Waals surface area contributed by atoms with Crippen LogP contribution < -0.4 is 39.7 Å². The van der Waals surface area contributed by atoms with Gasteiger partial charge in [0, 0.05) is 5.70 Å². The summed E-state index contributed by atoms with van der Waals surface area (Å²) in [7, 11) is 1.28. The van der Waals surface area contributed by atoms with Crippen LogP contribution in [0.1, 0.15) is 36.6 Å². The van der Waals surface area contributed by atoms with Crippen LogP contribution in [0.3, 0.4) is 0 Å². The molecule has 3 aromatic carbocycles. The van der Waals surface area contributed by atoms with Gasteiger partial charge in [-0.2, -0.15) is 5.10 Å². The highest BCUT2D eigenvalue weighted by molar-refractivity contribution is 14.1. The van der Waals surface area contributed by atoms with Gasteiger partial charge in [-0.25, -0.2) is 9.59 Å². The Morgan fingerprint density at radius 1 is 1.09 bits per heavy atom. The number of nitrogens with zero attached hydrogens (tertiary/aromatic N) is 1. The van der Waals surface area contributed by atoms with E-state index in [0.717, 1.165) is 26.2 Å². The molecule has 0 unspecified atom stereocenters. The number of benzene rings is 3. The minimum absolute atomic E-state index is 0.141. The van der Waals surface area contributed by atoms with Crippen LogP contribution in [0.15, 0.2) is 71.0 Å². The Balaban J connectivity index is 1.15. The maximum atomic E-state index is 12.4. The molecule has 2 aliphatic heterocycles.